The van der Waals surface area contributed by atoms with E-state index in [4.69, 9.17) is 0 Å². The number of ketones is 1. The number of carbonyl (C=O) groups is 2. The van der Waals surface area contributed by atoms with Crippen LogP contribution in [0.5, 0.6) is 0 Å². The molecule has 1 heterocycles. The Kier molecular flexibility index (Phi) is 1.28. The zero-order valence-electron chi connectivity index (χ0n) is 6.49. The van der Waals surface area contributed by atoms with Crippen LogP contribution in [0.1, 0.15) is 13.3 Å². The molecule has 2 aliphatic rings. The van der Waals surface area contributed by atoms with Gasteiger partial charge in [0.05, 0.1) is 6.04 Å². The van der Waals surface area contributed by atoms with Crippen molar-refractivity contribution in [2.75, 3.05) is 6.54 Å². The van der Waals surface area contributed by atoms with Crippen LogP contribution in [-0.4, -0.2) is 29.7 Å². The van der Waals surface area contributed by atoms with Crippen LogP contribution in [-0.2, 0) is 9.59 Å². The first-order chi connectivity index (χ1) is 5.24. The average Bonchev–Trinajstić information content (AvgIpc) is 2.61. The van der Waals surface area contributed by atoms with E-state index in [0.717, 1.165) is 19.4 Å². The molecule has 1 aliphatic heterocycles. The summed E-state index contributed by atoms with van der Waals surface area (Å²) in [6.45, 7) is 2.38. The molecule has 3 nitrogen and oxygen atoms in total. The Morgan fingerprint density at radius 2 is 2.36 bits per heavy atom. The molecule has 2 fully saturated rings. The van der Waals surface area contributed by atoms with Crippen LogP contribution in [0.15, 0.2) is 0 Å². The smallest absolute Gasteiger partial charge is 0.210 e. The third kappa shape index (κ3) is 0.870. The summed E-state index contributed by atoms with van der Waals surface area (Å²) in [7, 11) is 0. The molecule has 3 atom stereocenters. The minimum Gasteiger partial charge on any atom is -0.335 e. The number of carbonyl (C=O) groups excluding carboxylic acids is 2. The van der Waals surface area contributed by atoms with Crippen molar-refractivity contribution in [3.8, 4) is 0 Å². The fraction of sp³-hybridized carbons (Fsp3) is 0.750. The predicted octanol–water partition coefficient (Wildman–Crippen LogP) is 0.0521. The zero-order valence-corrected chi connectivity index (χ0v) is 6.49. The molecule has 0 spiro atoms. The van der Waals surface area contributed by atoms with Gasteiger partial charge in [-0.3, -0.25) is 9.59 Å². The minimum atomic E-state index is -0.0856. The van der Waals surface area contributed by atoms with Gasteiger partial charge in [0.1, 0.15) is 0 Å². The molecule has 3 heteroatoms. The number of piperidine rings is 1. The summed E-state index contributed by atoms with van der Waals surface area (Å²) in [5, 5.41) is 0. The summed E-state index contributed by atoms with van der Waals surface area (Å²) >= 11 is 0. The molecule has 0 radical (unpaired) electrons. The lowest BCUT2D eigenvalue weighted by atomic mass is 10.1. The Balaban J connectivity index is 2.14. The molecule has 3 unspecified atom stereocenters. The van der Waals surface area contributed by atoms with Crippen LogP contribution in [0.25, 0.3) is 0 Å². The van der Waals surface area contributed by atoms with E-state index in [-0.39, 0.29) is 11.8 Å². The molecular formula is C8H11NO2. The van der Waals surface area contributed by atoms with Gasteiger partial charge in [-0.25, -0.2) is 0 Å². The highest BCUT2D eigenvalue weighted by Gasteiger charge is 2.53. The lowest BCUT2D eigenvalue weighted by Gasteiger charge is -2.19. The van der Waals surface area contributed by atoms with E-state index in [9.17, 15) is 9.59 Å². The first kappa shape index (κ1) is 6.83. The summed E-state index contributed by atoms with van der Waals surface area (Å²) in [6.07, 6.45) is 1.95. The third-order valence-electron chi connectivity index (χ3n) is 2.74. The van der Waals surface area contributed by atoms with Gasteiger partial charge in [-0.2, -0.15) is 0 Å². The number of Topliss-reactive ketones (excluding diaryl/α,β-unsaturated/α-hetero) is 1. The van der Waals surface area contributed by atoms with Gasteiger partial charge >= 0.3 is 0 Å². The summed E-state index contributed by atoms with van der Waals surface area (Å²) < 4.78 is 0. The first-order valence-electron chi connectivity index (χ1n) is 3.95. The van der Waals surface area contributed by atoms with E-state index in [1.165, 1.54) is 0 Å². The molecule has 0 N–H and O–H groups in total. The molecule has 0 aromatic carbocycles. The number of rotatable bonds is 2. The number of hydrogen-bond acceptors (Lipinski definition) is 2. The van der Waals surface area contributed by atoms with Gasteiger partial charge in [0.2, 0.25) is 6.41 Å². The standard InChI is InChI=1S/C8H11NO2/c1-5(11)8-7-2-6(7)3-9(8)4-10/h4,6-8H,2-3H2,1H3. The fourth-order valence-corrected chi connectivity index (χ4v) is 2.14. The number of amides is 1. The van der Waals surface area contributed by atoms with Crippen molar-refractivity contribution in [3.05, 3.63) is 0 Å². The van der Waals surface area contributed by atoms with Gasteiger partial charge in [0.15, 0.2) is 5.78 Å². The van der Waals surface area contributed by atoms with E-state index in [0.29, 0.717) is 11.8 Å². The van der Waals surface area contributed by atoms with Crippen molar-refractivity contribution in [2.45, 2.75) is 19.4 Å². The lowest BCUT2D eigenvalue weighted by Crippen LogP contribution is -2.37. The summed E-state index contributed by atoms with van der Waals surface area (Å²) in [5.41, 5.74) is 0. The van der Waals surface area contributed by atoms with Gasteiger partial charge < -0.3 is 4.90 Å². The van der Waals surface area contributed by atoms with Crippen molar-refractivity contribution >= 4 is 12.2 Å². The van der Waals surface area contributed by atoms with Crippen LogP contribution in [0.3, 0.4) is 0 Å². The van der Waals surface area contributed by atoms with Crippen molar-refractivity contribution in [1.82, 2.24) is 4.90 Å². The molecule has 0 aromatic rings. The second kappa shape index (κ2) is 2.06. The van der Waals surface area contributed by atoms with E-state index in [1.54, 1.807) is 11.8 Å². The van der Waals surface area contributed by atoms with Crippen LogP contribution < -0.4 is 0 Å². The Labute approximate surface area is 65.4 Å². The highest BCUT2D eigenvalue weighted by Crippen LogP contribution is 2.49. The van der Waals surface area contributed by atoms with Gasteiger partial charge in [-0.15, -0.1) is 0 Å². The van der Waals surface area contributed by atoms with Crippen molar-refractivity contribution in [2.24, 2.45) is 11.8 Å². The van der Waals surface area contributed by atoms with Gasteiger partial charge in [0.25, 0.3) is 0 Å². The maximum Gasteiger partial charge on any atom is 0.210 e. The van der Waals surface area contributed by atoms with Crippen LogP contribution >= 0.6 is 0 Å². The molecule has 1 amide bonds. The van der Waals surface area contributed by atoms with Crippen LogP contribution in [0.2, 0.25) is 0 Å². The quantitative estimate of drug-likeness (QED) is 0.526. The van der Waals surface area contributed by atoms with Crippen LogP contribution in [0.4, 0.5) is 0 Å². The molecule has 2 rings (SSSR count). The molecule has 1 aliphatic carbocycles. The molecule has 0 aromatic heterocycles. The average molecular weight is 153 g/mol. The Bertz CT molecular complexity index is 214. The second-order valence-electron chi connectivity index (χ2n) is 3.52. The zero-order chi connectivity index (χ0) is 8.01. The monoisotopic (exact) mass is 153 g/mol. The van der Waals surface area contributed by atoms with E-state index in [2.05, 4.69) is 0 Å². The number of hydrogen-bond donors (Lipinski definition) is 0. The normalized spacial score (nSPS) is 40.1. The molecule has 11 heavy (non-hydrogen) atoms. The Hall–Kier alpha value is -0.860. The molecule has 1 saturated heterocycles. The van der Waals surface area contributed by atoms with Gasteiger partial charge in [-0.1, -0.05) is 0 Å². The largest absolute Gasteiger partial charge is 0.335 e. The molecular weight excluding hydrogens is 142 g/mol. The number of likely N-dealkylation sites (tertiary alicyclic amines) is 1. The van der Waals surface area contributed by atoms with Gasteiger partial charge in [-0.05, 0) is 25.2 Å². The van der Waals surface area contributed by atoms with E-state index < -0.39 is 0 Å². The molecule has 1 saturated carbocycles. The van der Waals surface area contributed by atoms with Crippen molar-refractivity contribution in [3.63, 3.8) is 0 Å². The second-order valence-corrected chi connectivity index (χ2v) is 3.52. The highest BCUT2D eigenvalue weighted by atomic mass is 16.1. The third-order valence-corrected chi connectivity index (χ3v) is 2.74. The highest BCUT2D eigenvalue weighted by molar-refractivity contribution is 5.85. The molecule has 60 valence electrons. The Morgan fingerprint density at radius 3 is 2.82 bits per heavy atom. The predicted molar refractivity (Wildman–Crippen MR) is 38.8 cm³/mol. The topological polar surface area (TPSA) is 37.4 Å². The first-order valence-corrected chi connectivity index (χ1v) is 3.95. The minimum absolute atomic E-state index is 0.0856. The SMILES string of the molecule is CC(=O)C1C2CC2CN1C=O. The van der Waals surface area contributed by atoms with E-state index >= 15 is 0 Å². The fourth-order valence-electron chi connectivity index (χ4n) is 2.14. The molecule has 0 bridgehead atoms. The summed E-state index contributed by atoms with van der Waals surface area (Å²) in [6, 6.07) is -0.0856. The summed E-state index contributed by atoms with van der Waals surface area (Å²) in [5.74, 6) is 1.27. The van der Waals surface area contributed by atoms with Gasteiger partial charge in [0, 0.05) is 6.54 Å². The maximum absolute atomic E-state index is 11.1. The van der Waals surface area contributed by atoms with E-state index in [1.807, 2.05) is 0 Å². The summed E-state index contributed by atoms with van der Waals surface area (Å²) in [4.78, 5) is 23.2. The van der Waals surface area contributed by atoms with Crippen LogP contribution in [0, 0.1) is 11.8 Å². The van der Waals surface area contributed by atoms with Crippen molar-refractivity contribution in [1.29, 1.82) is 0 Å². The number of fused-ring (bicyclic) bond motifs is 1. The number of nitrogens with zero attached hydrogens (tertiary/aromatic N) is 1. The maximum atomic E-state index is 11.1. The van der Waals surface area contributed by atoms with Crippen molar-refractivity contribution < 1.29 is 9.59 Å². The Morgan fingerprint density at radius 1 is 1.64 bits per heavy atom. The lowest BCUT2D eigenvalue weighted by molar-refractivity contribution is -0.129.